The quantitative estimate of drug-likeness (QED) is 0.160. The van der Waals surface area contributed by atoms with Crippen LogP contribution in [0.4, 0.5) is 17.1 Å². The third-order valence-electron chi connectivity index (χ3n) is 4.83. The van der Waals surface area contributed by atoms with E-state index in [1.807, 2.05) is 66.8 Å². The van der Waals surface area contributed by atoms with Crippen LogP contribution < -0.4 is 4.90 Å². The largest absolute Gasteiger partial charge is 0.417 e. The van der Waals surface area contributed by atoms with Crippen molar-refractivity contribution < 1.29 is 9.53 Å². The predicted octanol–water partition coefficient (Wildman–Crippen LogP) is 7.43. The summed E-state index contributed by atoms with van der Waals surface area (Å²) in [6.45, 7) is 0.254. The number of nitriles is 1. The summed E-state index contributed by atoms with van der Waals surface area (Å²) >= 11 is 1.51. The standard InChI is InChI=1S/C28H20N2O2S/c29-20-26(32-21-31)19-28-18-17-27(33-28)16-13-22-11-14-25(15-12-22)30(23-7-3-1-4-8-23)24-9-5-2-6-10-24/h1-19,21H. The van der Waals surface area contributed by atoms with Crippen molar-refractivity contribution in [3.05, 3.63) is 118 Å². The van der Waals surface area contributed by atoms with Gasteiger partial charge in [0.15, 0.2) is 0 Å². The molecule has 4 aromatic rings. The fourth-order valence-corrected chi connectivity index (χ4v) is 4.17. The molecule has 5 heteroatoms. The second-order valence-corrected chi connectivity index (χ2v) is 8.15. The molecule has 160 valence electrons. The van der Waals surface area contributed by atoms with Crippen molar-refractivity contribution in [1.82, 2.24) is 0 Å². The Morgan fingerprint density at radius 3 is 1.91 bits per heavy atom. The van der Waals surface area contributed by atoms with Gasteiger partial charge in [-0.25, -0.2) is 0 Å². The molecule has 0 atom stereocenters. The molecule has 0 N–H and O–H groups in total. The molecule has 1 aromatic heterocycles. The van der Waals surface area contributed by atoms with E-state index in [-0.39, 0.29) is 12.2 Å². The van der Waals surface area contributed by atoms with Crippen LogP contribution in [0, 0.1) is 11.3 Å². The van der Waals surface area contributed by atoms with Gasteiger partial charge in [-0.05, 0) is 60.2 Å². The normalized spacial score (nSPS) is 11.2. The molecule has 4 nitrogen and oxygen atoms in total. The molecule has 4 rings (SSSR count). The van der Waals surface area contributed by atoms with Crippen LogP contribution in [-0.4, -0.2) is 6.47 Å². The molecule has 3 aromatic carbocycles. The summed E-state index contributed by atoms with van der Waals surface area (Å²) in [4.78, 5) is 14.5. The van der Waals surface area contributed by atoms with Gasteiger partial charge < -0.3 is 9.64 Å². The van der Waals surface area contributed by atoms with Gasteiger partial charge in [0.1, 0.15) is 6.07 Å². The first-order valence-corrected chi connectivity index (χ1v) is 11.1. The first kappa shape index (κ1) is 21.8. The van der Waals surface area contributed by atoms with Gasteiger partial charge in [-0.15, -0.1) is 11.3 Å². The van der Waals surface area contributed by atoms with Crippen LogP contribution in [0.25, 0.3) is 18.2 Å². The lowest BCUT2D eigenvalue weighted by Crippen LogP contribution is -2.09. The number of para-hydroxylation sites is 2. The van der Waals surface area contributed by atoms with Crippen LogP contribution in [0.5, 0.6) is 0 Å². The molecule has 0 saturated heterocycles. The summed E-state index contributed by atoms with van der Waals surface area (Å²) in [5, 5.41) is 8.97. The second-order valence-electron chi connectivity index (χ2n) is 7.01. The number of hydrogen-bond donors (Lipinski definition) is 0. The number of thiophene rings is 1. The van der Waals surface area contributed by atoms with Crippen molar-refractivity contribution in [3.63, 3.8) is 0 Å². The zero-order chi connectivity index (χ0) is 22.9. The van der Waals surface area contributed by atoms with E-state index in [2.05, 4.69) is 58.2 Å². The summed E-state index contributed by atoms with van der Waals surface area (Å²) in [7, 11) is 0. The average Bonchev–Trinajstić information content (AvgIpc) is 3.32. The maximum atomic E-state index is 10.4. The minimum atomic E-state index is -0.0284. The van der Waals surface area contributed by atoms with Gasteiger partial charge in [-0.1, -0.05) is 54.6 Å². The van der Waals surface area contributed by atoms with Crippen molar-refractivity contribution in [2.75, 3.05) is 4.90 Å². The summed E-state index contributed by atoms with van der Waals surface area (Å²) in [6.07, 6.45) is 5.62. The lowest BCUT2D eigenvalue weighted by Gasteiger charge is -2.25. The Labute approximate surface area is 196 Å². The highest BCUT2D eigenvalue weighted by molar-refractivity contribution is 7.13. The van der Waals surface area contributed by atoms with E-state index in [1.54, 1.807) is 6.08 Å². The van der Waals surface area contributed by atoms with E-state index in [4.69, 9.17) is 5.26 Å². The first-order chi connectivity index (χ1) is 16.3. The summed E-state index contributed by atoms with van der Waals surface area (Å²) in [6, 6.07) is 34.7. The van der Waals surface area contributed by atoms with Crippen LogP contribution in [-0.2, 0) is 9.53 Å². The minimum Gasteiger partial charge on any atom is -0.417 e. The number of ether oxygens (including phenoxy) is 1. The van der Waals surface area contributed by atoms with Gasteiger partial charge in [0.05, 0.1) is 0 Å². The summed E-state index contributed by atoms with van der Waals surface area (Å²) in [5.41, 5.74) is 4.35. The maximum Gasteiger partial charge on any atom is 0.299 e. The fourth-order valence-electron chi connectivity index (χ4n) is 3.32. The van der Waals surface area contributed by atoms with E-state index in [9.17, 15) is 4.79 Å². The van der Waals surface area contributed by atoms with E-state index < -0.39 is 0 Å². The highest BCUT2D eigenvalue weighted by Gasteiger charge is 2.11. The third-order valence-corrected chi connectivity index (χ3v) is 5.82. The van der Waals surface area contributed by atoms with Crippen molar-refractivity contribution in [2.45, 2.75) is 0 Å². The summed E-state index contributed by atoms with van der Waals surface area (Å²) < 4.78 is 4.63. The van der Waals surface area contributed by atoms with Gasteiger partial charge in [-0.2, -0.15) is 5.26 Å². The number of rotatable bonds is 8. The molecule has 1 heterocycles. The van der Waals surface area contributed by atoms with Crippen LogP contribution in [0.2, 0.25) is 0 Å². The molecule has 0 bridgehead atoms. The molecule has 0 fully saturated rings. The molecular formula is C28H20N2O2S. The molecule has 0 aliphatic rings. The molecule has 0 unspecified atom stereocenters. The number of carbonyl (C=O) groups excluding carboxylic acids is 1. The zero-order valence-electron chi connectivity index (χ0n) is 17.7. The van der Waals surface area contributed by atoms with Crippen molar-refractivity contribution >= 4 is 53.1 Å². The topological polar surface area (TPSA) is 53.3 Å². The molecule has 0 radical (unpaired) electrons. The smallest absolute Gasteiger partial charge is 0.299 e. The van der Waals surface area contributed by atoms with Crippen LogP contribution in [0.15, 0.2) is 103 Å². The Bertz CT molecular complexity index is 1260. The molecule has 33 heavy (non-hydrogen) atoms. The van der Waals surface area contributed by atoms with Crippen LogP contribution in [0.1, 0.15) is 15.3 Å². The number of allylic oxidation sites excluding steroid dienone is 1. The average molecular weight is 449 g/mol. The van der Waals surface area contributed by atoms with Crippen molar-refractivity contribution in [3.8, 4) is 6.07 Å². The van der Waals surface area contributed by atoms with Gasteiger partial charge in [-0.3, -0.25) is 4.79 Å². The van der Waals surface area contributed by atoms with Crippen LogP contribution >= 0.6 is 11.3 Å². The number of benzene rings is 3. The number of nitrogens with zero attached hydrogens (tertiary/aromatic N) is 2. The van der Waals surface area contributed by atoms with E-state index in [0.29, 0.717) is 0 Å². The Kier molecular flexibility index (Phi) is 7.11. The Morgan fingerprint density at radius 1 is 0.758 bits per heavy atom. The Morgan fingerprint density at radius 2 is 1.33 bits per heavy atom. The molecule has 0 saturated carbocycles. The van der Waals surface area contributed by atoms with E-state index >= 15 is 0 Å². The fraction of sp³-hybridized carbons (Fsp3) is 0. The number of anilines is 3. The highest BCUT2D eigenvalue weighted by atomic mass is 32.1. The Hall–Kier alpha value is -4.40. The van der Waals surface area contributed by atoms with Crippen molar-refractivity contribution in [2.24, 2.45) is 0 Å². The summed E-state index contributed by atoms with van der Waals surface area (Å²) in [5.74, 6) is -0.0284. The molecular weight excluding hydrogens is 428 g/mol. The number of carbonyl (C=O) groups is 1. The van der Waals surface area contributed by atoms with Gasteiger partial charge >= 0.3 is 0 Å². The maximum absolute atomic E-state index is 10.4. The molecule has 0 aliphatic heterocycles. The lowest BCUT2D eigenvalue weighted by atomic mass is 10.1. The minimum absolute atomic E-state index is 0.0284. The predicted molar refractivity (Wildman–Crippen MR) is 135 cm³/mol. The number of hydrogen-bond acceptors (Lipinski definition) is 5. The zero-order valence-corrected chi connectivity index (χ0v) is 18.5. The highest BCUT2D eigenvalue weighted by Crippen LogP contribution is 2.34. The van der Waals surface area contributed by atoms with Gasteiger partial charge in [0.25, 0.3) is 6.47 Å². The molecule has 0 aliphatic carbocycles. The molecule has 0 spiro atoms. The Balaban J connectivity index is 1.54. The third kappa shape index (κ3) is 5.65. The van der Waals surface area contributed by atoms with Crippen molar-refractivity contribution in [1.29, 1.82) is 5.26 Å². The van der Waals surface area contributed by atoms with Crippen LogP contribution in [0.3, 0.4) is 0 Å². The molecule has 0 amide bonds. The van der Waals surface area contributed by atoms with E-state index in [0.717, 1.165) is 32.4 Å². The SMILES string of the molecule is N#CC(=Cc1ccc(C=Cc2ccc(N(c3ccccc3)c3ccccc3)cc2)s1)OC=O. The van der Waals surface area contributed by atoms with Gasteiger partial charge in [0.2, 0.25) is 5.76 Å². The first-order valence-electron chi connectivity index (χ1n) is 10.3. The lowest BCUT2D eigenvalue weighted by molar-refractivity contribution is -0.124. The monoisotopic (exact) mass is 448 g/mol. The second kappa shape index (κ2) is 10.8. The van der Waals surface area contributed by atoms with Gasteiger partial charge in [0, 0.05) is 32.9 Å². The van der Waals surface area contributed by atoms with E-state index in [1.165, 1.54) is 11.3 Å².